The van der Waals surface area contributed by atoms with E-state index in [0.717, 1.165) is 28.0 Å². The SMILES string of the molecule is COc1cc(C)c(-c2nc3ccccc3n2C)c(OC)c1OC. The van der Waals surface area contributed by atoms with Gasteiger partial charge in [-0.1, -0.05) is 12.1 Å². The molecule has 2 aromatic carbocycles. The smallest absolute Gasteiger partial charge is 0.204 e. The molecular formula is C18H20N2O3. The maximum absolute atomic E-state index is 5.64. The summed E-state index contributed by atoms with van der Waals surface area (Å²) in [5.41, 5.74) is 3.93. The van der Waals surface area contributed by atoms with Gasteiger partial charge in [-0.05, 0) is 30.7 Å². The standard InChI is InChI=1S/C18H20N2O3/c1-11-10-14(21-3)16(22-4)17(23-5)15(11)18-19-12-8-6-7-9-13(12)20(18)2/h6-10H,1-5H3. The van der Waals surface area contributed by atoms with Crippen molar-refractivity contribution in [2.45, 2.75) is 6.92 Å². The Morgan fingerprint density at radius 3 is 2.26 bits per heavy atom. The van der Waals surface area contributed by atoms with Crippen LogP contribution in [0.4, 0.5) is 0 Å². The number of rotatable bonds is 4. The molecule has 0 spiro atoms. The molecule has 1 aromatic heterocycles. The van der Waals surface area contributed by atoms with Crippen LogP contribution in [0.1, 0.15) is 5.56 Å². The molecule has 0 N–H and O–H groups in total. The molecule has 5 heteroatoms. The first-order valence-corrected chi connectivity index (χ1v) is 7.33. The third-order valence-corrected chi connectivity index (χ3v) is 4.04. The molecule has 3 rings (SSSR count). The first-order chi connectivity index (χ1) is 11.1. The predicted molar refractivity (Wildman–Crippen MR) is 90.5 cm³/mol. The highest BCUT2D eigenvalue weighted by atomic mass is 16.5. The highest BCUT2D eigenvalue weighted by Crippen LogP contribution is 2.46. The maximum atomic E-state index is 5.64. The van der Waals surface area contributed by atoms with Gasteiger partial charge in [0.25, 0.3) is 0 Å². The van der Waals surface area contributed by atoms with Crippen molar-refractivity contribution in [3.63, 3.8) is 0 Å². The molecule has 0 saturated heterocycles. The van der Waals surface area contributed by atoms with Crippen molar-refractivity contribution in [1.82, 2.24) is 9.55 Å². The molecule has 0 unspecified atom stereocenters. The Hall–Kier alpha value is -2.69. The number of ether oxygens (including phenoxy) is 3. The van der Waals surface area contributed by atoms with Gasteiger partial charge in [-0.15, -0.1) is 0 Å². The maximum Gasteiger partial charge on any atom is 0.204 e. The molecule has 0 radical (unpaired) electrons. The molecule has 0 saturated carbocycles. The number of aryl methyl sites for hydroxylation is 2. The summed E-state index contributed by atoms with van der Waals surface area (Å²) in [6, 6.07) is 9.98. The van der Waals surface area contributed by atoms with Gasteiger partial charge in [0.1, 0.15) is 5.82 Å². The van der Waals surface area contributed by atoms with Gasteiger partial charge >= 0.3 is 0 Å². The van der Waals surface area contributed by atoms with Gasteiger partial charge in [-0.25, -0.2) is 4.98 Å². The quantitative estimate of drug-likeness (QED) is 0.739. The van der Waals surface area contributed by atoms with Crippen LogP contribution in [-0.4, -0.2) is 30.9 Å². The molecule has 1 heterocycles. The topological polar surface area (TPSA) is 45.5 Å². The number of benzene rings is 2. The van der Waals surface area contributed by atoms with E-state index >= 15 is 0 Å². The van der Waals surface area contributed by atoms with Crippen LogP contribution in [0.5, 0.6) is 17.2 Å². The Labute approximate surface area is 135 Å². The molecule has 23 heavy (non-hydrogen) atoms. The van der Waals surface area contributed by atoms with Crippen LogP contribution in [0.25, 0.3) is 22.4 Å². The molecule has 0 amide bonds. The average Bonchev–Trinajstić information content (AvgIpc) is 2.90. The van der Waals surface area contributed by atoms with E-state index in [1.165, 1.54) is 0 Å². The van der Waals surface area contributed by atoms with E-state index in [1.807, 2.05) is 44.3 Å². The van der Waals surface area contributed by atoms with Crippen molar-refractivity contribution in [1.29, 1.82) is 0 Å². The van der Waals surface area contributed by atoms with Gasteiger partial charge in [0, 0.05) is 7.05 Å². The van der Waals surface area contributed by atoms with E-state index in [9.17, 15) is 0 Å². The minimum absolute atomic E-state index is 0.572. The molecule has 3 aromatic rings. The summed E-state index contributed by atoms with van der Waals surface area (Å²) in [7, 11) is 6.85. The number of imidazole rings is 1. The summed E-state index contributed by atoms with van der Waals surface area (Å²) in [5.74, 6) is 2.68. The number of methoxy groups -OCH3 is 3. The average molecular weight is 312 g/mol. The van der Waals surface area contributed by atoms with Crippen molar-refractivity contribution in [3.8, 4) is 28.6 Å². The van der Waals surface area contributed by atoms with Crippen LogP contribution < -0.4 is 14.2 Å². The molecule has 5 nitrogen and oxygen atoms in total. The van der Waals surface area contributed by atoms with Gasteiger partial charge in [0.05, 0.1) is 37.9 Å². The van der Waals surface area contributed by atoms with Crippen molar-refractivity contribution in [2.24, 2.45) is 7.05 Å². The molecule has 0 aliphatic carbocycles. The van der Waals surface area contributed by atoms with Crippen molar-refractivity contribution in [3.05, 3.63) is 35.9 Å². The predicted octanol–water partition coefficient (Wildman–Crippen LogP) is 3.57. The summed E-state index contributed by atoms with van der Waals surface area (Å²) < 4.78 is 18.6. The van der Waals surface area contributed by atoms with Crippen LogP contribution in [0, 0.1) is 6.92 Å². The lowest BCUT2D eigenvalue weighted by atomic mass is 10.0. The second-order valence-corrected chi connectivity index (χ2v) is 5.32. The van der Waals surface area contributed by atoms with Crippen molar-refractivity contribution >= 4 is 11.0 Å². The minimum atomic E-state index is 0.572. The van der Waals surface area contributed by atoms with Crippen LogP contribution >= 0.6 is 0 Å². The second-order valence-electron chi connectivity index (χ2n) is 5.32. The third-order valence-electron chi connectivity index (χ3n) is 4.04. The van der Waals surface area contributed by atoms with Gasteiger partial charge < -0.3 is 18.8 Å². The minimum Gasteiger partial charge on any atom is -0.493 e. The van der Waals surface area contributed by atoms with E-state index in [2.05, 4.69) is 4.57 Å². The number of para-hydroxylation sites is 2. The van der Waals surface area contributed by atoms with Crippen LogP contribution in [0.3, 0.4) is 0 Å². The monoisotopic (exact) mass is 312 g/mol. The second kappa shape index (κ2) is 5.83. The van der Waals surface area contributed by atoms with Crippen LogP contribution in [0.15, 0.2) is 30.3 Å². The highest BCUT2D eigenvalue weighted by molar-refractivity contribution is 5.84. The first-order valence-electron chi connectivity index (χ1n) is 7.33. The zero-order valence-electron chi connectivity index (χ0n) is 14.0. The lowest BCUT2D eigenvalue weighted by Crippen LogP contribution is -2.02. The fourth-order valence-corrected chi connectivity index (χ4v) is 2.93. The fraction of sp³-hybridized carbons (Fsp3) is 0.278. The number of nitrogens with zero attached hydrogens (tertiary/aromatic N) is 2. The van der Waals surface area contributed by atoms with E-state index in [4.69, 9.17) is 19.2 Å². The third kappa shape index (κ3) is 2.29. The van der Waals surface area contributed by atoms with E-state index < -0.39 is 0 Å². The Kier molecular flexibility index (Phi) is 3.86. The summed E-state index contributed by atoms with van der Waals surface area (Å²) in [5, 5.41) is 0. The van der Waals surface area contributed by atoms with Gasteiger partial charge in [-0.2, -0.15) is 0 Å². The first kappa shape index (κ1) is 15.2. The Morgan fingerprint density at radius 1 is 0.957 bits per heavy atom. The van der Waals surface area contributed by atoms with Gasteiger partial charge in [-0.3, -0.25) is 0 Å². The van der Waals surface area contributed by atoms with E-state index in [1.54, 1.807) is 21.3 Å². The Bertz CT molecular complexity index is 868. The largest absolute Gasteiger partial charge is 0.493 e. The highest BCUT2D eigenvalue weighted by Gasteiger charge is 2.23. The molecule has 0 fully saturated rings. The number of hydrogen-bond donors (Lipinski definition) is 0. The number of hydrogen-bond acceptors (Lipinski definition) is 4. The summed E-state index contributed by atoms with van der Waals surface area (Å²) in [4.78, 5) is 4.77. The van der Waals surface area contributed by atoms with Gasteiger partial charge in [0.15, 0.2) is 11.5 Å². The van der Waals surface area contributed by atoms with Crippen LogP contribution in [0.2, 0.25) is 0 Å². The van der Waals surface area contributed by atoms with Crippen molar-refractivity contribution < 1.29 is 14.2 Å². The summed E-state index contributed by atoms with van der Waals surface area (Å²) in [6.07, 6.45) is 0. The molecule has 0 aliphatic heterocycles. The fourth-order valence-electron chi connectivity index (χ4n) is 2.93. The number of aromatic nitrogens is 2. The Morgan fingerprint density at radius 2 is 1.65 bits per heavy atom. The summed E-state index contributed by atoms with van der Waals surface area (Å²) in [6.45, 7) is 2.01. The van der Waals surface area contributed by atoms with Gasteiger partial charge in [0.2, 0.25) is 5.75 Å². The normalized spacial score (nSPS) is 10.8. The lowest BCUT2D eigenvalue weighted by molar-refractivity contribution is 0.324. The molecule has 120 valence electrons. The molecule has 0 bridgehead atoms. The Balaban J connectivity index is 2.36. The zero-order valence-corrected chi connectivity index (χ0v) is 14.0. The molecule has 0 atom stereocenters. The molecule has 0 aliphatic rings. The molecular weight excluding hydrogens is 292 g/mol. The lowest BCUT2D eigenvalue weighted by Gasteiger charge is -2.18. The number of fused-ring (bicyclic) bond motifs is 1. The van der Waals surface area contributed by atoms with Crippen molar-refractivity contribution in [2.75, 3.05) is 21.3 Å². The van der Waals surface area contributed by atoms with E-state index in [0.29, 0.717) is 17.2 Å². The zero-order chi connectivity index (χ0) is 16.6. The van der Waals surface area contributed by atoms with E-state index in [-0.39, 0.29) is 0 Å². The van der Waals surface area contributed by atoms with Crippen LogP contribution in [-0.2, 0) is 7.05 Å². The summed E-state index contributed by atoms with van der Waals surface area (Å²) >= 11 is 0.